The Balaban J connectivity index is 1.45. The van der Waals surface area contributed by atoms with Gasteiger partial charge in [-0.1, -0.05) is 18.2 Å². The molecule has 3 heterocycles. The number of benzene rings is 1. The van der Waals surface area contributed by atoms with Crippen molar-refractivity contribution in [3.05, 3.63) is 65.8 Å². The first-order chi connectivity index (χ1) is 12.3. The van der Waals surface area contributed by atoms with Gasteiger partial charge >= 0.3 is 0 Å². The molecule has 25 heavy (non-hydrogen) atoms. The smallest absolute Gasteiger partial charge is 0.253 e. The van der Waals surface area contributed by atoms with Crippen LogP contribution in [0.15, 0.2) is 60.2 Å². The average Bonchev–Trinajstić information content (AvgIpc) is 3.23. The molecule has 2 aromatic heterocycles. The van der Waals surface area contributed by atoms with Gasteiger partial charge in [0.25, 0.3) is 5.91 Å². The van der Waals surface area contributed by atoms with E-state index in [1.807, 2.05) is 52.7 Å². The highest BCUT2D eigenvalue weighted by atomic mass is 32.1. The third-order valence-corrected chi connectivity index (χ3v) is 5.15. The topological polar surface area (TPSA) is 49.3 Å². The van der Waals surface area contributed by atoms with Crippen molar-refractivity contribution in [1.82, 2.24) is 14.9 Å². The number of pyridine rings is 1. The molecule has 1 amide bonds. The molecule has 6 heteroatoms. The van der Waals surface area contributed by atoms with Crippen LogP contribution < -0.4 is 4.90 Å². The maximum absolute atomic E-state index is 12.8. The summed E-state index contributed by atoms with van der Waals surface area (Å²) in [5.74, 6) is 1.06. The molecule has 0 spiro atoms. The number of anilines is 1. The Labute approximate surface area is 150 Å². The Bertz CT molecular complexity index is 843. The van der Waals surface area contributed by atoms with Gasteiger partial charge in [0.05, 0.1) is 0 Å². The molecular weight excluding hydrogens is 332 g/mol. The van der Waals surface area contributed by atoms with Crippen molar-refractivity contribution in [2.75, 3.05) is 31.1 Å². The predicted molar refractivity (Wildman–Crippen MR) is 99.9 cm³/mol. The van der Waals surface area contributed by atoms with Gasteiger partial charge in [0.1, 0.15) is 10.8 Å². The second-order valence-electron chi connectivity index (χ2n) is 5.89. The lowest BCUT2D eigenvalue weighted by molar-refractivity contribution is 0.0746. The van der Waals surface area contributed by atoms with Crippen molar-refractivity contribution in [3.63, 3.8) is 0 Å². The van der Waals surface area contributed by atoms with Gasteiger partial charge in [-0.15, -0.1) is 11.3 Å². The number of aromatic nitrogens is 2. The molecule has 0 bridgehead atoms. The molecule has 5 nitrogen and oxygen atoms in total. The van der Waals surface area contributed by atoms with Crippen LogP contribution in [0.1, 0.15) is 10.4 Å². The molecule has 1 aromatic carbocycles. The van der Waals surface area contributed by atoms with Crippen LogP contribution in [0.2, 0.25) is 0 Å². The van der Waals surface area contributed by atoms with E-state index in [0.717, 1.165) is 35.0 Å². The summed E-state index contributed by atoms with van der Waals surface area (Å²) in [5.41, 5.74) is 1.71. The quantitative estimate of drug-likeness (QED) is 0.728. The summed E-state index contributed by atoms with van der Waals surface area (Å²) >= 11 is 1.58. The Kier molecular flexibility index (Phi) is 4.43. The number of rotatable bonds is 3. The maximum atomic E-state index is 12.8. The summed E-state index contributed by atoms with van der Waals surface area (Å²) in [6.07, 6.45) is 3.59. The Morgan fingerprint density at radius 1 is 0.960 bits per heavy atom. The van der Waals surface area contributed by atoms with E-state index in [9.17, 15) is 4.79 Å². The average molecular weight is 350 g/mol. The largest absolute Gasteiger partial charge is 0.353 e. The van der Waals surface area contributed by atoms with Crippen LogP contribution in [0.5, 0.6) is 0 Å². The molecule has 3 aromatic rings. The number of carbonyl (C=O) groups is 1. The van der Waals surface area contributed by atoms with Gasteiger partial charge in [-0.2, -0.15) is 0 Å². The van der Waals surface area contributed by atoms with Crippen LogP contribution in [0.3, 0.4) is 0 Å². The molecule has 0 atom stereocenters. The first-order valence-electron chi connectivity index (χ1n) is 8.26. The van der Waals surface area contributed by atoms with Gasteiger partial charge in [-0.05, 0) is 24.3 Å². The van der Waals surface area contributed by atoms with E-state index in [2.05, 4.69) is 14.9 Å². The Hall–Kier alpha value is -2.73. The summed E-state index contributed by atoms with van der Waals surface area (Å²) in [4.78, 5) is 25.7. The molecule has 0 N–H and O–H groups in total. The van der Waals surface area contributed by atoms with E-state index >= 15 is 0 Å². The minimum absolute atomic E-state index is 0.0825. The maximum Gasteiger partial charge on any atom is 0.253 e. The minimum atomic E-state index is 0.0825. The molecule has 1 saturated heterocycles. The monoisotopic (exact) mass is 350 g/mol. The van der Waals surface area contributed by atoms with Gasteiger partial charge in [0.2, 0.25) is 0 Å². The van der Waals surface area contributed by atoms with Gasteiger partial charge < -0.3 is 9.80 Å². The molecule has 0 radical (unpaired) electrons. The molecule has 1 fully saturated rings. The molecule has 1 aliphatic heterocycles. The standard InChI is InChI=1S/C19H18N4OS/c24-19(16-5-3-4-15(14-16)18-21-8-13-25-18)23-11-9-22(10-12-23)17-6-1-2-7-20-17/h1-8,13-14H,9-12H2. The van der Waals surface area contributed by atoms with Crippen molar-refractivity contribution in [3.8, 4) is 10.6 Å². The fraction of sp³-hybridized carbons (Fsp3) is 0.211. The van der Waals surface area contributed by atoms with Crippen molar-refractivity contribution in [1.29, 1.82) is 0 Å². The first kappa shape index (κ1) is 15.8. The number of amides is 1. The molecular formula is C19H18N4OS. The number of hydrogen-bond acceptors (Lipinski definition) is 5. The van der Waals surface area contributed by atoms with Crippen LogP contribution in [-0.2, 0) is 0 Å². The van der Waals surface area contributed by atoms with E-state index in [4.69, 9.17) is 0 Å². The second-order valence-corrected chi connectivity index (χ2v) is 6.78. The highest BCUT2D eigenvalue weighted by molar-refractivity contribution is 7.13. The third-order valence-electron chi connectivity index (χ3n) is 4.33. The number of piperazine rings is 1. The lowest BCUT2D eigenvalue weighted by atomic mass is 10.1. The number of carbonyl (C=O) groups excluding carboxylic acids is 1. The molecule has 1 aliphatic rings. The molecule has 0 saturated carbocycles. The Morgan fingerprint density at radius 2 is 1.84 bits per heavy atom. The Morgan fingerprint density at radius 3 is 2.56 bits per heavy atom. The van der Waals surface area contributed by atoms with Gasteiger partial charge in [-0.25, -0.2) is 9.97 Å². The zero-order valence-corrected chi connectivity index (χ0v) is 14.5. The molecule has 126 valence electrons. The van der Waals surface area contributed by atoms with Crippen LogP contribution >= 0.6 is 11.3 Å². The first-order valence-corrected chi connectivity index (χ1v) is 9.14. The van der Waals surface area contributed by atoms with E-state index in [1.165, 1.54) is 0 Å². The van der Waals surface area contributed by atoms with Gasteiger partial charge in [-0.3, -0.25) is 4.79 Å². The highest BCUT2D eigenvalue weighted by Crippen LogP contribution is 2.23. The summed E-state index contributed by atoms with van der Waals surface area (Å²) in [5, 5.41) is 2.88. The zero-order chi connectivity index (χ0) is 17.1. The summed E-state index contributed by atoms with van der Waals surface area (Å²) in [6, 6.07) is 13.7. The number of hydrogen-bond donors (Lipinski definition) is 0. The predicted octanol–water partition coefficient (Wildman–Crippen LogP) is 3.17. The van der Waals surface area contributed by atoms with Crippen molar-refractivity contribution < 1.29 is 4.79 Å². The minimum Gasteiger partial charge on any atom is -0.353 e. The molecule has 0 aliphatic carbocycles. The van der Waals surface area contributed by atoms with Crippen LogP contribution in [0.4, 0.5) is 5.82 Å². The summed E-state index contributed by atoms with van der Waals surface area (Å²) < 4.78 is 0. The fourth-order valence-corrected chi connectivity index (χ4v) is 3.65. The van der Waals surface area contributed by atoms with Gasteiger partial charge in [0.15, 0.2) is 0 Å². The van der Waals surface area contributed by atoms with Crippen LogP contribution in [0, 0.1) is 0 Å². The number of thiazole rings is 1. The van der Waals surface area contributed by atoms with E-state index in [0.29, 0.717) is 13.1 Å². The summed E-state index contributed by atoms with van der Waals surface area (Å²) in [7, 11) is 0. The zero-order valence-electron chi connectivity index (χ0n) is 13.7. The lowest BCUT2D eigenvalue weighted by Crippen LogP contribution is -2.49. The van der Waals surface area contributed by atoms with Crippen molar-refractivity contribution >= 4 is 23.1 Å². The van der Waals surface area contributed by atoms with E-state index in [-0.39, 0.29) is 5.91 Å². The van der Waals surface area contributed by atoms with Crippen LogP contribution in [0.25, 0.3) is 10.6 Å². The van der Waals surface area contributed by atoms with E-state index in [1.54, 1.807) is 23.7 Å². The van der Waals surface area contributed by atoms with Crippen molar-refractivity contribution in [2.24, 2.45) is 0 Å². The van der Waals surface area contributed by atoms with Crippen molar-refractivity contribution in [2.45, 2.75) is 0 Å². The van der Waals surface area contributed by atoms with Crippen LogP contribution in [-0.4, -0.2) is 47.0 Å². The summed E-state index contributed by atoms with van der Waals surface area (Å²) in [6.45, 7) is 3.01. The number of nitrogens with zero attached hydrogens (tertiary/aromatic N) is 4. The van der Waals surface area contributed by atoms with Gasteiger partial charge in [0, 0.05) is 55.1 Å². The fourth-order valence-electron chi connectivity index (χ4n) is 3.01. The molecule has 4 rings (SSSR count). The lowest BCUT2D eigenvalue weighted by Gasteiger charge is -2.35. The molecule has 0 unspecified atom stereocenters. The SMILES string of the molecule is O=C(c1cccc(-c2nccs2)c1)N1CCN(c2ccccn2)CC1. The highest BCUT2D eigenvalue weighted by Gasteiger charge is 2.23. The van der Waals surface area contributed by atoms with E-state index < -0.39 is 0 Å². The third kappa shape index (κ3) is 3.39. The second kappa shape index (κ2) is 7.03. The normalized spacial score (nSPS) is 14.6.